The van der Waals surface area contributed by atoms with Crippen LogP contribution in [0.1, 0.15) is 51.9 Å². The molecule has 2 rings (SSSR count). The lowest BCUT2D eigenvalue weighted by molar-refractivity contribution is -0.124. The standard InChI is InChI=1S/C15H28N2O2.ClH/c1-2-19-11-9-15(7-5-8-15)12-17-14(18)13-6-3-4-10-16-13;/h13,16H,2-12H2,1H3,(H,17,18);1H. The highest BCUT2D eigenvalue weighted by Crippen LogP contribution is 2.43. The van der Waals surface area contributed by atoms with Crippen molar-refractivity contribution >= 4 is 18.3 Å². The van der Waals surface area contributed by atoms with Crippen LogP contribution >= 0.6 is 12.4 Å². The predicted octanol–water partition coefficient (Wildman–Crippen LogP) is 2.26. The first kappa shape index (κ1) is 17.7. The number of hydrogen-bond acceptors (Lipinski definition) is 3. The molecule has 118 valence electrons. The summed E-state index contributed by atoms with van der Waals surface area (Å²) in [5, 5.41) is 6.47. The van der Waals surface area contributed by atoms with Gasteiger partial charge in [0.15, 0.2) is 0 Å². The SMILES string of the molecule is CCOCCC1(CNC(=O)C2CCCCN2)CCC1.Cl. The molecule has 1 unspecified atom stereocenters. The molecular formula is C15H29ClN2O2. The van der Waals surface area contributed by atoms with E-state index in [9.17, 15) is 4.79 Å². The molecule has 2 aliphatic rings. The van der Waals surface area contributed by atoms with Crippen LogP contribution < -0.4 is 10.6 Å². The van der Waals surface area contributed by atoms with E-state index >= 15 is 0 Å². The number of hydrogen-bond donors (Lipinski definition) is 2. The van der Waals surface area contributed by atoms with E-state index in [1.54, 1.807) is 0 Å². The van der Waals surface area contributed by atoms with Gasteiger partial charge in [0.2, 0.25) is 5.91 Å². The number of ether oxygens (including phenoxy) is 1. The van der Waals surface area contributed by atoms with Crippen LogP contribution in [0.25, 0.3) is 0 Å². The lowest BCUT2D eigenvalue weighted by Gasteiger charge is -2.42. The second kappa shape index (κ2) is 8.85. The Labute approximate surface area is 128 Å². The highest BCUT2D eigenvalue weighted by atomic mass is 35.5. The van der Waals surface area contributed by atoms with Crippen LogP contribution in [0.3, 0.4) is 0 Å². The Morgan fingerprint density at radius 1 is 1.35 bits per heavy atom. The lowest BCUT2D eigenvalue weighted by Crippen LogP contribution is -2.50. The fraction of sp³-hybridized carbons (Fsp3) is 0.933. The first-order chi connectivity index (χ1) is 9.26. The third-order valence-electron chi connectivity index (χ3n) is 4.66. The van der Waals surface area contributed by atoms with Gasteiger partial charge < -0.3 is 15.4 Å². The van der Waals surface area contributed by atoms with E-state index in [1.807, 2.05) is 6.92 Å². The topological polar surface area (TPSA) is 50.4 Å². The van der Waals surface area contributed by atoms with Crippen molar-refractivity contribution < 1.29 is 9.53 Å². The molecule has 2 fully saturated rings. The number of halogens is 1. The van der Waals surface area contributed by atoms with Crippen LogP contribution in [0.15, 0.2) is 0 Å². The third kappa shape index (κ3) is 4.90. The molecule has 1 aliphatic heterocycles. The van der Waals surface area contributed by atoms with Crippen LogP contribution in [0.5, 0.6) is 0 Å². The van der Waals surface area contributed by atoms with E-state index in [0.717, 1.165) is 39.1 Å². The first-order valence-corrected chi connectivity index (χ1v) is 7.85. The average Bonchev–Trinajstić information content (AvgIpc) is 2.41. The van der Waals surface area contributed by atoms with Crippen molar-refractivity contribution in [1.82, 2.24) is 10.6 Å². The fourth-order valence-corrected chi connectivity index (χ4v) is 3.10. The molecule has 0 aromatic rings. The van der Waals surface area contributed by atoms with Gasteiger partial charge in [0.25, 0.3) is 0 Å². The van der Waals surface area contributed by atoms with Gasteiger partial charge in [-0.1, -0.05) is 12.8 Å². The summed E-state index contributed by atoms with van der Waals surface area (Å²) in [5.41, 5.74) is 0.319. The molecule has 2 N–H and O–H groups in total. The van der Waals surface area contributed by atoms with E-state index in [0.29, 0.717) is 5.41 Å². The van der Waals surface area contributed by atoms with Gasteiger partial charge in [-0.25, -0.2) is 0 Å². The molecule has 1 aliphatic carbocycles. The van der Waals surface area contributed by atoms with E-state index in [4.69, 9.17) is 4.74 Å². The molecule has 0 radical (unpaired) electrons. The van der Waals surface area contributed by atoms with Crippen molar-refractivity contribution in [1.29, 1.82) is 0 Å². The fourth-order valence-electron chi connectivity index (χ4n) is 3.10. The largest absolute Gasteiger partial charge is 0.382 e. The molecule has 0 aromatic heterocycles. The summed E-state index contributed by atoms with van der Waals surface area (Å²) in [6.45, 7) is 5.46. The van der Waals surface area contributed by atoms with E-state index in [2.05, 4.69) is 10.6 Å². The number of piperidine rings is 1. The zero-order chi connectivity index (χ0) is 13.6. The minimum absolute atomic E-state index is 0. The van der Waals surface area contributed by atoms with E-state index in [-0.39, 0.29) is 24.4 Å². The van der Waals surface area contributed by atoms with Crippen LogP contribution in [0.2, 0.25) is 0 Å². The molecule has 1 amide bonds. The molecule has 20 heavy (non-hydrogen) atoms. The normalized spacial score (nSPS) is 24.4. The number of rotatable bonds is 7. The molecule has 1 saturated carbocycles. The summed E-state index contributed by atoms with van der Waals surface area (Å²) in [7, 11) is 0. The van der Waals surface area contributed by atoms with Crippen molar-refractivity contribution in [3.63, 3.8) is 0 Å². The summed E-state index contributed by atoms with van der Waals surface area (Å²) >= 11 is 0. The van der Waals surface area contributed by atoms with Crippen molar-refractivity contribution in [3.05, 3.63) is 0 Å². The molecule has 0 bridgehead atoms. The van der Waals surface area contributed by atoms with Crippen molar-refractivity contribution in [2.75, 3.05) is 26.3 Å². The average molecular weight is 305 g/mol. The van der Waals surface area contributed by atoms with Crippen molar-refractivity contribution in [2.24, 2.45) is 5.41 Å². The monoisotopic (exact) mass is 304 g/mol. The zero-order valence-electron chi connectivity index (χ0n) is 12.6. The molecule has 5 heteroatoms. The lowest BCUT2D eigenvalue weighted by atomic mass is 9.66. The number of carbonyl (C=O) groups excluding carboxylic acids is 1. The predicted molar refractivity (Wildman–Crippen MR) is 83.3 cm³/mol. The summed E-state index contributed by atoms with van der Waals surface area (Å²) in [6, 6.07) is 0.0396. The molecular weight excluding hydrogens is 276 g/mol. The van der Waals surface area contributed by atoms with Gasteiger partial charge in [0.05, 0.1) is 6.04 Å². The van der Waals surface area contributed by atoms with E-state index in [1.165, 1.54) is 32.1 Å². The quantitative estimate of drug-likeness (QED) is 0.709. The van der Waals surface area contributed by atoms with Crippen LogP contribution in [-0.4, -0.2) is 38.3 Å². The summed E-state index contributed by atoms with van der Waals surface area (Å²) in [5.74, 6) is 0.197. The zero-order valence-corrected chi connectivity index (χ0v) is 13.4. The molecule has 1 saturated heterocycles. The van der Waals surface area contributed by atoms with Crippen LogP contribution in [-0.2, 0) is 9.53 Å². The minimum Gasteiger partial charge on any atom is -0.382 e. The van der Waals surface area contributed by atoms with Gasteiger partial charge in [-0.15, -0.1) is 12.4 Å². The number of nitrogens with one attached hydrogen (secondary N) is 2. The number of carbonyl (C=O) groups is 1. The van der Waals surface area contributed by atoms with Crippen LogP contribution in [0.4, 0.5) is 0 Å². The highest BCUT2D eigenvalue weighted by molar-refractivity contribution is 5.85. The van der Waals surface area contributed by atoms with Gasteiger partial charge in [-0.2, -0.15) is 0 Å². The summed E-state index contributed by atoms with van der Waals surface area (Å²) in [6.07, 6.45) is 8.19. The molecule has 0 aromatic carbocycles. The Balaban J connectivity index is 0.00000200. The Morgan fingerprint density at radius 3 is 2.70 bits per heavy atom. The van der Waals surface area contributed by atoms with Crippen molar-refractivity contribution in [2.45, 2.75) is 57.9 Å². The third-order valence-corrected chi connectivity index (χ3v) is 4.66. The maximum atomic E-state index is 12.1. The second-order valence-corrected chi connectivity index (χ2v) is 6.02. The van der Waals surface area contributed by atoms with Crippen LogP contribution in [0, 0.1) is 5.41 Å². The van der Waals surface area contributed by atoms with Gasteiger partial charge in [0, 0.05) is 19.8 Å². The molecule has 4 nitrogen and oxygen atoms in total. The van der Waals surface area contributed by atoms with Gasteiger partial charge in [-0.05, 0) is 51.0 Å². The maximum Gasteiger partial charge on any atom is 0.237 e. The van der Waals surface area contributed by atoms with Gasteiger partial charge in [0.1, 0.15) is 0 Å². The minimum atomic E-state index is 0. The second-order valence-electron chi connectivity index (χ2n) is 6.02. The highest BCUT2D eigenvalue weighted by Gasteiger charge is 2.37. The van der Waals surface area contributed by atoms with Gasteiger partial charge >= 0.3 is 0 Å². The Bertz CT molecular complexity index is 290. The molecule has 1 atom stereocenters. The number of amides is 1. The summed E-state index contributed by atoms with van der Waals surface area (Å²) in [4.78, 5) is 12.1. The Hall–Kier alpha value is -0.320. The Morgan fingerprint density at radius 2 is 2.15 bits per heavy atom. The van der Waals surface area contributed by atoms with Crippen molar-refractivity contribution in [3.8, 4) is 0 Å². The van der Waals surface area contributed by atoms with E-state index < -0.39 is 0 Å². The Kier molecular flexibility index (Phi) is 7.85. The molecule has 0 spiro atoms. The first-order valence-electron chi connectivity index (χ1n) is 7.85. The molecule has 1 heterocycles. The maximum absolute atomic E-state index is 12.1. The summed E-state index contributed by atoms with van der Waals surface area (Å²) < 4.78 is 5.46. The smallest absolute Gasteiger partial charge is 0.237 e. The van der Waals surface area contributed by atoms with Gasteiger partial charge in [-0.3, -0.25) is 4.79 Å².